The summed E-state index contributed by atoms with van der Waals surface area (Å²) in [5, 5.41) is 17.8. The molecule has 0 saturated heterocycles. The number of nitro benzene ring substituents is 1. The van der Waals surface area contributed by atoms with E-state index in [0.29, 0.717) is 16.9 Å². The van der Waals surface area contributed by atoms with Gasteiger partial charge in [0.2, 0.25) is 0 Å². The zero-order valence-electron chi connectivity index (χ0n) is 14.7. The minimum absolute atomic E-state index is 0.118. The van der Waals surface area contributed by atoms with Gasteiger partial charge in [0.25, 0.3) is 11.6 Å². The predicted octanol–water partition coefficient (Wildman–Crippen LogP) is 2.60. The maximum absolute atomic E-state index is 13.1. The van der Waals surface area contributed by atoms with Gasteiger partial charge in [-0.15, -0.1) is 0 Å². The SMILES string of the molecule is O=C(Nc1c2c(nn1-c1ccc([N+](=O)[O-])cc1)CS(=O)(=O)C2)c1ccc(F)cc1. The van der Waals surface area contributed by atoms with E-state index in [0.717, 1.165) is 12.1 Å². The Labute approximate surface area is 163 Å². The number of nitro groups is 1. The molecule has 148 valence electrons. The molecule has 0 aliphatic carbocycles. The van der Waals surface area contributed by atoms with Gasteiger partial charge in [0.05, 0.1) is 27.8 Å². The van der Waals surface area contributed by atoms with E-state index in [1.165, 1.54) is 41.1 Å². The van der Waals surface area contributed by atoms with E-state index in [-0.39, 0.29) is 28.6 Å². The minimum atomic E-state index is -3.37. The summed E-state index contributed by atoms with van der Waals surface area (Å²) in [6, 6.07) is 10.3. The number of non-ortho nitro benzene ring substituents is 1. The molecule has 0 saturated carbocycles. The van der Waals surface area contributed by atoms with Crippen molar-refractivity contribution in [2.75, 3.05) is 5.32 Å². The topological polar surface area (TPSA) is 124 Å². The summed E-state index contributed by atoms with van der Waals surface area (Å²) in [6.45, 7) is 0. The molecule has 1 aromatic heterocycles. The van der Waals surface area contributed by atoms with Crippen LogP contribution in [0.1, 0.15) is 21.6 Å². The molecule has 9 nitrogen and oxygen atoms in total. The van der Waals surface area contributed by atoms with Crippen molar-refractivity contribution in [3.8, 4) is 5.69 Å². The Morgan fingerprint density at radius 3 is 2.38 bits per heavy atom. The number of halogens is 1. The number of carbonyl (C=O) groups is 1. The van der Waals surface area contributed by atoms with Gasteiger partial charge in [-0.3, -0.25) is 14.9 Å². The summed E-state index contributed by atoms with van der Waals surface area (Å²) >= 11 is 0. The number of nitrogens with one attached hydrogen (secondary N) is 1. The second-order valence-electron chi connectivity index (χ2n) is 6.45. The number of amides is 1. The molecule has 11 heteroatoms. The number of fused-ring (bicyclic) bond motifs is 1. The van der Waals surface area contributed by atoms with Gasteiger partial charge in [0.1, 0.15) is 11.6 Å². The van der Waals surface area contributed by atoms with E-state index < -0.39 is 26.5 Å². The molecule has 1 aliphatic rings. The van der Waals surface area contributed by atoms with E-state index in [2.05, 4.69) is 10.4 Å². The summed E-state index contributed by atoms with van der Waals surface area (Å²) in [5.74, 6) is -1.45. The standard InChI is InChI=1S/C18H13FN4O5S/c19-12-3-1-11(2-4-12)18(24)20-17-15-9-29(27,28)10-16(15)21-22(17)13-5-7-14(8-6-13)23(25)26/h1-8H,9-10H2,(H,20,24). The third-order valence-corrected chi connectivity index (χ3v) is 5.87. The fourth-order valence-electron chi connectivity index (χ4n) is 3.05. The van der Waals surface area contributed by atoms with Crippen LogP contribution in [0.3, 0.4) is 0 Å². The van der Waals surface area contributed by atoms with Crippen LogP contribution < -0.4 is 5.32 Å². The van der Waals surface area contributed by atoms with Gasteiger partial charge >= 0.3 is 0 Å². The zero-order valence-corrected chi connectivity index (χ0v) is 15.5. The predicted molar refractivity (Wildman–Crippen MR) is 101 cm³/mol. The summed E-state index contributed by atoms with van der Waals surface area (Å²) < 4.78 is 38.4. The molecule has 0 radical (unpaired) electrons. The number of hydrogen-bond donors (Lipinski definition) is 1. The van der Waals surface area contributed by atoms with Crippen molar-refractivity contribution in [1.82, 2.24) is 9.78 Å². The molecular weight excluding hydrogens is 403 g/mol. The van der Waals surface area contributed by atoms with Crippen molar-refractivity contribution in [2.45, 2.75) is 11.5 Å². The lowest BCUT2D eigenvalue weighted by Gasteiger charge is -2.11. The fourth-order valence-corrected chi connectivity index (χ4v) is 4.55. The normalized spacial score (nSPS) is 14.4. The van der Waals surface area contributed by atoms with Gasteiger partial charge in [-0.25, -0.2) is 17.5 Å². The number of sulfone groups is 1. The van der Waals surface area contributed by atoms with Gasteiger partial charge in [0.15, 0.2) is 9.84 Å². The maximum Gasteiger partial charge on any atom is 0.269 e. The third kappa shape index (κ3) is 3.59. The Balaban J connectivity index is 1.75. The highest BCUT2D eigenvalue weighted by atomic mass is 32.2. The van der Waals surface area contributed by atoms with Crippen LogP contribution in [0.25, 0.3) is 5.69 Å². The monoisotopic (exact) mass is 416 g/mol. The van der Waals surface area contributed by atoms with Gasteiger partial charge in [-0.2, -0.15) is 5.10 Å². The van der Waals surface area contributed by atoms with Gasteiger partial charge in [-0.1, -0.05) is 0 Å². The average Bonchev–Trinajstić information content (AvgIpc) is 3.15. The third-order valence-electron chi connectivity index (χ3n) is 4.43. The quantitative estimate of drug-likeness (QED) is 0.515. The van der Waals surface area contributed by atoms with Crippen LogP contribution in [0.4, 0.5) is 15.9 Å². The smallest absolute Gasteiger partial charge is 0.269 e. The second kappa shape index (κ2) is 6.78. The Morgan fingerprint density at radius 2 is 1.76 bits per heavy atom. The first-order valence-corrected chi connectivity index (χ1v) is 10.2. The van der Waals surface area contributed by atoms with E-state index in [1.54, 1.807) is 0 Å². The van der Waals surface area contributed by atoms with Crippen LogP contribution in [0.2, 0.25) is 0 Å². The molecule has 2 aromatic carbocycles. The lowest BCUT2D eigenvalue weighted by atomic mass is 10.2. The molecule has 0 atom stereocenters. The summed E-state index contributed by atoms with van der Waals surface area (Å²) in [7, 11) is -3.37. The molecule has 1 aliphatic heterocycles. The van der Waals surface area contributed by atoms with Crippen molar-refractivity contribution >= 4 is 27.2 Å². The molecule has 0 spiro atoms. The molecule has 29 heavy (non-hydrogen) atoms. The number of carbonyl (C=O) groups excluding carboxylic acids is 1. The van der Waals surface area contributed by atoms with Crippen LogP contribution in [-0.4, -0.2) is 29.0 Å². The van der Waals surface area contributed by atoms with E-state index in [9.17, 15) is 27.7 Å². The molecule has 1 N–H and O–H groups in total. The molecular formula is C18H13FN4O5S. The highest BCUT2D eigenvalue weighted by Gasteiger charge is 2.33. The highest BCUT2D eigenvalue weighted by Crippen LogP contribution is 2.33. The lowest BCUT2D eigenvalue weighted by Crippen LogP contribution is -2.17. The van der Waals surface area contributed by atoms with Crippen LogP contribution in [0.15, 0.2) is 48.5 Å². The van der Waals surface area contributed by atoms with Crippen LogP contribution in [0, 0.1) is 15.9 Å². The minimum Gasteiger partial charge on any atom is -0.306 e. The van der Waals surface area contributed by atoms with Crippen molar-refractivity contribution in [3.63, 3.8) is 0 Å². The maximum atomic E-state index is 13.1. The summed E-state index contributed by atoms with van der Waals surface area (Å²) in [6.07, 6.45) is 0. The number of anilines is 1. The fraction of sp³-hybridized carbons (Fsp3) is 0.111. The lowest BCUT2D eigenvalue weighted by molar-refractivity contribution is -0.384. The van der Waals surface area contributed by atoms with E-state index in [1.807, 2.05) is 0 Å². The van der Waals surface area contributed by atoms with Gasteiger partial charge in [-0.05, 0) is 36.4 Å². The van der Waals surface area contributed by atoms with Gasteiger partial charge in [0, 0.05) is 23.3 Å². The average molecular weight is 416 g/mol. The van der Waals surface area contributed by atoms with Gasteiger partial charge < -0.3 is 5.32 Å². The number of benzene rings is 2. The van der Waals surface area contributed by atoms with Crippen LogP contribution >= 0.6 is 0 Å². The molecule has 0 bridgehead atoms. The number of rotatable bonds is 4. The van der Waals surface area contributed by atoms with Crippen LogP contribution in [-0.2, 0) is 21.3 Å². The first kappa shape index (κ1) is 18.7. The summed E-state index contributed by atoms with van der Waals surface area (Å²) in [5.41, 5.74) is 1.14. The molecule has 4 rings (SSSR count). The molecule has 1 amide bonds. The van der Waals surface area contributed by atoms with Crippen molar-refractivity contribution in [2.24, 2.45) is 0 Å². The highest BCUT2D eigenvalue weighted by molar-refractivity contribution is 7.90. The molecule has 2 heterocycles. The number of nitrogens with zero attached hydrogens (tertiary/aromatic N) is 3. The zero-order chi connectivity index (χ0) is 20.8. The van der Waals surface area contributed by atoms with E-state index in [4.69, 9.17) is 0 Å². The van der Waals surface area contributed by atoms with E-state index >= 15 is 0 Å². The summed E-state index contributed by atoms with van der Waals surface area (Å²) in [4.78, 5) is 22.9. The molecule has 3 aromatic rings. The van der Waals surface area contributed by atoms with Crippen LogP contribution in [0.5, 0.6) is 0 Å². The van der Waals surface area contributed by atoms with Crippen molar-refractivity contribution in [1.29, 1.82) is 0 Å². The first-order chi connectivity index (χ1) is 13.7. The first-order valence-electron chi connectivity index (χ1n) is 8.36. The van der Waals surface area contributed by atoms with Crippen molar-refractivity contribution in [3.05, 3.63) is 81.3 Å². The second-order valence-corrected chi connectivity index (χ2v) is 8.52. The Morgan fingerprint density at radius 1 is 1.10 bits per heavy atom. The number of aromatic nitrogens is 2. The number of hydrogen-bond acceptors (Lipinski definition) is 6. The Hall–Kier alpha value is -3.60. The Kier molecular flexibility index (Phi) is 4.38. The van der Waals surface area contributed by atoms with Crippen molar-refractivity contribution < 1.29 is 22.5 Å². The molecule has 0 unspecified atom stereocenters. The Bertz CT molecular complexity index is 1230. The largest absolute Gasteiger partial charge is 0.306 e. The molecule has 0 fully saturated rings.